The highest BCUT2D eigenvalue weighted by molar-refractivity contribution is 8.00. The normalized spacial score (nSPS) is 20.6. The fourth-order valence-electron chi connectivity index (χ4n) is 0.929. The predicted molar refractivity (Wildman–Crippen MR) is 61.4 cm³/mol. The van der Waals surface area contributed by atoms with Gasteiger partial charge in [0.05, 0.1) is 5.92 Å². The maximum atomic E-state index is 10.5. The smallest absolute Gasteiger partial charge is 0.308 e. The second-order valence-corrected chi connectivity index (χ2v) is 5.58. The molecule has 0 aliphatic carbocycles. The average Bonchev–Trinajstić information content (AvgIpc) is 1.97. The van der Waals surface area contributed by atoms with Crippen LogP contribution in [0.3, 0.4) is 0 Å². The van der Waals surface area contributed by atoms with Gasteiger partial charge in [0.25, 0.3) is 0 Å². The first kappa shape index (κ1) is 12.9. The highest BCUT2D eigenvalue weighted by atomic mass is 32.2. The quantitative estimate of drug-likeness (QED) is 0.752. The van der Waals surface area contributed by atoms with E-state index in [-0.39, 0.29) is 24.2 Å². The molecule has 0 spiro atoms. The number of aliphatic hydroxyl groups excluding tert-OH is 1. The number of hydrogen-bond acceptors (Lipinski definition) is 5. The van der Waals surface area contributed by atoms with Crippen LogP contribution in [0.2, 0.25) is 0 Å². The van der Waals surface area contributed by atoms with Crippen LogP contribution in [-0.2, 0) is 9.59 Å². The van der Waals surface area contributed by atoms with E-state index in [1.54, 1.807) is 23.5 Å². The van der Waals surface area contributed by atoms with Gasteiger partial charge in [0.15, 0.2) is 5.78 Å². The Morgan fingerprint density at radius 3 is 1.60 bits per heavy atom. The minimum absolute atomic E-state index is 0.00347. The van der Waals surface area contributed by atoms with E-state index in [0.29, 0.717) is 0 Å². The summed E-state index contributed by atoms with van der Waals surface area (Å²) in [7, 11) is 0. The van der Waals surface area contributed by atoms with E-state index in [2.05, 4.69) is 0 Å². The van der Waals surface area contributed by atoms with Crippen molar-refractivity contribution in [3.63, 3.8) is 0 Å². The fourth-order valence-corrected chi connectivity index (χ4v) is 2.53. The van der Waals surface area contributed by atoms with Gasteiger partial charge in [-0.05, 0) is 0 Å². The molecule has 2 aliphatic rings. The third kappa shape index (κ3) is 4.04. The Labute approximate surface area is 96.8 Å². The van der Waals surface area contributed by atoms with Crippen LogP contribution in [0, 0.1) is 11.8 Å². The Hall–Kier alpha value is -0.200. The molecular formula is C9H14O4S2. The van der Waals surface area contributed by atoms with Gasteiger partial charge in [0.1, 0.15) is 6.61 Å². The van der Waals surface area contributed by atoms with Gasteiger partial charge in [0.2, 0.25) is 0 Å². The van der Waals surface area contributed by atoms with E-state index in [4.69, 9.17) is 10.2 Å². The largest absolute Gasteiger partial charge is 0.481 e. The van der Waals surface area contributed by atoms with Crippen molar-refractivity contribution in [3.05, 3.63) is 0 Å². The Bertz CT molecular complexity index is 236. The molecule has 15 heavy (non-hydrogen) atoms. The zero-order valence-electron chi connectivity index (χ0n) is 8.22. The summed E-state index contributed by atoms with van der Waals surface area (Å²) in [5, 5.41) is 16.5. The van der Waals surface area contributed by atoms with Gasteiger partial charge < -0.3 is 10.2 Å². The number of rotatable bonds is 3. The Kier molecular flexibility index (Phi) is 5.49. The van der Waals surface area contributed by atoms with Crippen LogP contribution in [0.15, 0.2) is 0 Å². The van der Waals surface area contributed by atoms with Crippen molar-refractivity contribution in [2.75, 3.05) is 29.6 Å². The molecule has 0 amide bonds. The topological polar surface area (TPSA) is 74.6 Å². The number of thioether (sulfide) groups is 2. The summed E-state index contributed by atoms with van der Waals surface area (Å²) >= 11 is 3.45. The first-order valence-corrected chi connectivity index (χ1v) is 6.98. The molecule has 0 atom stereocenters. The van der Waals surface area contributed by atoms with Crippen LogP contribution in [-0.4, -0.2) is 51.6 Å². The molecule has 2 saturated heterocycles. The lowest BCUT2D eigenvalue weighted by atomic mass is 10.1. The fraction of sp³-hybridized carbons (Fsp3) is 0.778. The van der Waals surface area contributed by atoms with Gasteiger partial charge in [-0.2, -0.15) is 23.5 Å². The lowest BCUT2D eigenvalue weighted by Gasteiger charge is -2.21. The number of carboxylic acid groups (broad SMARTS) is 1. The molecule has 2 heterocycles. The molecule has 2 rings (SSSR count). The number of carbonyl (C=O) groups is 2. The summed E-state index contributed by atoms with van der Waals surface area (Å²) in [5.41, 5.74) is 0. The van der Waals surface area contributed by atoms with Crippen molar-refractivity contribution in [2.24, 2.45) is 11.8 Å². The van der Waals surface area contributed by atoms with E-state index in [9.17, 15) is 9.59 Å². The number of ketones is 1. The highest BCUT2D eigenvalue weighted by Gasteiger charge is 2.25. The van der Waals surface area contributed by atoms with Crippen molar-refractivity contribution in [2.45, 2.75) is 0 Å². The monoisotopic (exact) mass is 250 g/mol. The molecule has 6 heteroatoms. The van der Waals surface area contributed by atoms with Gasteiger partial charge >= 0.3 is 5.97 Å². The zero-order valence-corrected chi connectivity index (χ0v) is 9.85. The molecule has 86 valence electrons. The zero-order chi connectivity index (χ0) is 11.3. The molecule has 0 bridgehead atoms. The molecule has 2 aliphatic heterocycles. The van der Waals surface area contributed by atoms with Crippen LogP contribution >= 0.6 is 23.5 Å². The van der Waals surface area contributed by atoms with Crippen LogP contribution in [0.1, 0.15) is 0 Å². The predicted octanol–water partition coefficient (Wildman–Crippen LogP) is 0.345. The van der Waals surface area contributed by atoms with E-state index in [0.717, 1.165) is 23.0 Å². The van der Waals surface area contributed by atoms with Crippen molar-refractivity contribution in [3.8, 4) is 0 Å². The number of carbonyl (C=O) groups excluding carboxylic acids is 1. The SMILES string of the molecule is O=C(CO)C1CSC1.O=C(O)C1CSC1. The summed E-state index contributed by atoms with van der Waals surface area (Å²) in [4.78, 5) is 20.5. The van der Waals surface area contributed by atoms with Crippen LogP contribution in [0.25, 0.3) is 0 Å². The molecule has 0 aromatic rings. The molecule has 4 nitrogen and oxygen atoms in total. The summed E-state index contributed by atoms with van der Waals surface area (Å²) < 4.78 is 0. The Morgan fingerprint density at radius 2 is 1.53 bits per heavy atom. The Balaban J connectivity index is 0.000000151. The van der Waals surface area contributed by atoms with Crippen molar-refractivity contribution >= 4 is 35.3 Å². The molecule has 0 unspecified atom stereocenters. The van der Waals surface area contributed by atoms with Crippen LogP contribution in [0.5, 0.6) is 0 Å². The van der Waals surface area contributed by atoms with Gasteiger partial charge in [0, 0.05) is 28.9 Å². The minimum atomic E-state index is -0.640. The van der Waals surface area contributed by atoms with Gasteiger partial charge in [-0.15, -0.1) is 0 Å². The van der Waals surface area contributed by atoms with E-state index >= 15 is 0 Å². The minimum Gasteiger partial charge on any atom is -0.481 e. The summed E-state index contributed by atoms with van der Waals surface area (Å²) in [6, 6.07) is 0. The highest BCUT2D eigenvalue weighted by Crippen LogP contribution is 2.24. The van der Waals surface area contributed by atoms with E-state index in [1.807, 2.05) is 0 Å². The summed E-state index contributed by atoms with van der Waals surface area (Å²) in [6.07, 6.45) is 0. The van der Waals surface area contributed by atoms with Crippen LogP contribution in [0.4, 0.5) is 0 Å². The van der Waals surface area contributed by atoms with Gasteiger partial charge in [-0.1, -0.05) is 0 Å². The number of aliphatic hydroxyl groups is 1. The molecule has 0 radical (unpaired) electrons. The maximum absolute atomic E-state index is 10.5. The summed E-state index contributed by atoms with van der Waals surface area (Å²) in [6.45, 7) is -0.273. The average molecular weight is 250 g/mol. The second-order valence-electron chi connectivity index (χ2n) is 3.43. The lowest BCUT2D eigenvalue weighted by Crippen LogP contribution is -2.29. The standard InChI is InChI=1S/C5H8O2S.C4H6O2S/c6-1-5(7)4-2-8-3-4;5-4(6)3-1-7-2-3/h4,6H,1-3H2;3H,1-2H2,(H,5,6). The van der Waals surface area contributed by atoms with Crippen molar-refractivity contribution < 1.29 is 19.8 Å². The number of Topliss-reactive ketones (excluding diaryl/α,β-unsaturated/α-hetero) is 1. The summed E-state index contributed by atoms with van der Waals surface area (Å²) in [5.74, 6) is 2.96. The first-order chi connectivity index (χ1) is 7.15. The molecule has 0 aromatic carbocycles. The molecule has 2 fully saturated rings. The maximum Gasteiger partial charge on any atom is 0.308 e. The molecule has 0 aromatic heterocycles. The number of carboxylic acids is 1. The molecular weight excluding hydrogens is 236 g/mol. The van der Waals surface area contributed by atoms with Crippen LogP contribution < -0.4 is 0 Å². The van der Waals surface area contributed by atoms with Gasteiger partial charge in [-0.25, -0.2) is 0 Å². The lowest BCUT2D eigenvalue weighted by molar-refractivity contribution is -0.140. The van der Waals surface area contributed by atoms with Crippen molar-refractivity contribution in [1.82, 2.24) is 0 Å². The molecule has 0 saturated carbocycles. The third-order valence-corrected chi connectivity index (χ3v) is 4.79. The number of aliphatic carboxylic acids is 1. The van der Waals surface area contributed by atoms with E-state index in [1.165, 1.54) is 0 Å². The van der Waals surface area contributed by atoms with Gasteiger partial charge in [-0.3, -0.25) is 9.59 Å². The second kappa shape index (κ2) is 6.40. The Morgan fingerprint density at radius 1 is 1.07 bits per heavy atom. The van der Waals surface area contributed by atoms with Crippen molar-refractivity contribution in [1.29, 1.82) is 0 Å². The van der Waals surface area contributed by atoms with E-state index < -0.39 is 5.97 Å². The first-order valence-electron chi connectivity index (χ1n) is 4.67. The number of hydrogen-bond donors (Lipinski definition) is 2. The molecule has 2 N–H and O–H groups in total. The third-order valence-electron chi connectivity index (χ3n) is 2.24.